The molecule has 0 aliphatic carbocycles. The molecule has 0 saturated carbocycles. The number of benzene rings is 2. The Morgan fingerprint density at radius 3 is 1.97 bits per heavy atom. The normalized spacial score (nSPS) is 11.7. The highest BCUT2D eigenvalue weighted by Crippen LogP contribution is 2.20. The third-order valence-electron chi connectivity index (χ3n) is 4.31. The highest BCUT2D eigenvalue weighted by Gasteiger charge is 2.18. The Labute approximate surface area is 176 Å². The Bertz CT molecular complexity index is 1130. The van der Waals surface area contributed by atoms with E-state index >= 15 is 0 Å². The average Bonchev–Trinajstić information content (AvgIpc) is 2.69. The molecule has 1 amide bonds. The van der Waals surface area contributed by atoms with Crippen LogP contribution < -0.4 is 10.0 Å². The topological polar surface area (TPSA) is 101 Å². The van der Waals surface area contributed by atoms with Crippen molar-refractivity contribution in [3.63, 3.8) is 0 Å². The van der Waals surface area contributed by atoms with Crippen molar-refractivity contribution in [2.45, 2.75) is 38.0 Å². The van der Waals surface area contributed by atoms with Gasteiger partial charge in [-0.25, -0.2) is 18.4 Å². The molecule has 0 fully saturated rings. The Balaban J connectivity index is 1.70. The number of aryl methyl sites for hydroxylation is 1. The second kappa shape index (κ2) is 8.23. The number of sulfonamides is 1. The highest BCUT2D eigenvalue weighted by atomic mass is 32.2. The van der Waals surface area contributed by atoms with Gasteiger partial charge >= 0.3 is 0 Å². The first-order valence-electron chi connectivity index (χ1n) is 9.38. The lowest BCUT2D eigenvalue weighted by atomic mass is 9.96. The van der Waals surface area contributed by atoms with Crippen LogP contribution >= 0.6 is 0 Å². The Morgan fingerprint density at radius 2 is 1.43 bits per heavy atom. The first kappa shape index (κ1) is 21.4. The summed E-state index contributed by atoms with van der Waals surface area (Å²) in [7, 11) is -3.75. The van der Waals surface area contributed by atoms with E-state index < -0.39 is 10.0 Å². The van der Waals surface area contributed by atoms with E-state index in [0.717, 1.165) is 5.56 Å². The van der Waals surface area contributed by atoms with Crippen LogP contribution in [0.2, 0.25) is 0 Å². The molecule has 0 unspecified atom stereocenters. The SMILES string of the molecule is Cc1ccc(NS(=O)(=O)c2ccc(C(=O)Nc3cnc(C(C)(C)C)nc3)cc2)cc1. The van der Waals surface area contributed by atoms with Gasteiger partial charge in [0.15, 0.2) is 0 Å². The first-order chi connectivity index (χ1) is 14.0. The summed E-state index contributed by atoms with van der Waals surface area (Å²) < 4.78 is 27.6. The standard InChI is InChI=1S/C22H24N4O3S/c1-15-5-9-17(10-6-15)26-30(28,29)19-11-7-16(8-12-19)20(27)25-18-13-23-21(24-14-18)22(2,3)4/h5-14,26H,1-4H3,(H,25,27). The fourth-order valence-electron chi connectivity index (χ4n) is 2.60. The minimum Gasteiger partial charge on any atom is -0.319 e. The maximum Gasteiger partial charge on any atom is 0.261 e. The number of carbonyl (C=O) groups is 1. The number of nitrogens with one attached hydrogen (secondary N) is 2. The molecule has 3 aromatic rings. The van der Waals surface area contributed by atoms with Gasteiger partial charge in [0.25, 0.3) is 15.9 Å². The maximum atomic E-state index is 12.5. The van der Waals surface area contributed by atoms with Crippen LogP contribution in [0.5, 0.6) is 0 Å². The summed E-state index contributed by atoms with van der Waals surface area (Å²) in [5.74, 6) is 0.300. The molecule has 0 atom stereocenters. The van der Waals surface area contributed by atoms with E-state index in [4.69, 9.17) is 0 Å². The van der Waals surface area contributed by atoms with E-state index in [1.54, 1.807) is 24.5 Å². The molecular weight excluding hydrogens is 400 g/mol. The lowest BCUT2D eigenvalue weighted by molar-refractivity contribution is 0.102. The van der Waals surface area contributed by atoms with Crippen LogP contribution in [0.1, 0.15) is 42.5 Å². The van der Waals surface area contributed by atoms with Crippen LogP contribution in [0.3, 0.4) is 0 Å². The van der Waals surface area contributed by atoms with Crippen LogP contribution in [-0.2, 0) is 15.4 Å². The minimum absolute atomic E-state index is 0.0671. The number of carbonyl (C=O) groups excluding carboxylic acids is 1. The zero-order chi connectivity index (χ0) is 21.9. The maximum absolute atomic E-state index is 12.5. The van der Waals surface area contributed by atoms with Crippen LogP contribution in [0, 0.1) is 6.92 Å². The molecule has 8 heteroatoms. The number of nitrogens with zero attached hydrogens (tertiary/aromatic N) is 2. The van der Waals surface area contributed by atoms with Crippen molar-refractivity contribution in [3.8, 4) is 0 Å². The van der Waals surface area contributed by atoms with Gasteiger partial charge < -0.3 is 5.32 Å². The second-order valence-corrected chi connectivity index (χ2v) is 9.68. The molecule has 1 heterocycles. The summed E-state index contributed by atoms with van der Waals surface area (Å²) in [6.45, 7) is 7.94. The van der Waals surface area contributed by atoms with E-state index in [0.29, 0.717) is 22.8 Å². The summed E-state index contributed by atoms with van der Waals surface area (Å²) in [6.07, 6.45) is 3.10. The summed E-state index contributed by atoms with van der Waals surface area (Å²) >= 11 is 0. The van der Waals surface area contributed by atoms with E-state index in [1.807, 2.05) is 39.8 Å². The number of hydrogen-bond acceptors (Lipinski definition) is 5. The molecule has 0 radical (unpaired) electrons. The monoisotopic (exact) mass is 424 g/mol. The number of aromatic nitrogens is 2. The number of anilines is 2. The largest absolute Gasteiger partial charge is 0.319 e. The average molecular weight is 425 g/mol. The molecule has 7 nitrogen and oxygen atoms in total. The molecule has 0 aliphatic heterocycles. The van der Waals surface area contributed by atoms with Gasteiger partial charge in [-0.1, -0.05) is 38.5 Å². The third kappa shape index (κ3) is 5.21. The Hall–Kier alpha value is -3.26. The van der Waals surface area contributed by atoms with Crippen molar-refractivity contribution < 1.29 is 13.2 Å². The molecule has 30 heavy (non-hydrogen) atoms. The van der Waals surface area contributed by atoms with Gasteiger partial charge in [-0.2, -0.15) is 0 Å². The molecule has 0 spiro atoms. The fraction of sp³-hybridized carbons (Fsp3) is 0.227. The quantitative estimate of drug-likeness (QED) is 0.641. The van der Waals surface area contributed by atoms with Crippen LogP contribution in [-0.4, -0.2) is 24.3 Å². The van der Waals surface area contributed by atoms with Gasteiger partial charge in [-0.05, 0) is 43.3 Å². The van der Waals surface area contributed by atoms with Crippen molar-refractivity contribution in [1.82, 2.24) is 9.97 Å². The van der Waals surface area contributed by atoms with Crippen LogP contribution in [0.15, 0.2) is 65.8 Å². The molecule has 3 rings (SSSR count). The molecular formula is C22H24N4O3S. The van der Waals surface area contributed by atoms with Crippen molar-refractivity contribution in [2.75, 3.05) is 10.0 Å². The third-order valence-corrected chi connectivity index (χ3v) is 5.71. The van der Waals surface area contributed by atoms with Gasteiger partial charge in [-0.3, -0.25) is 9.52 Å². The van der Waals surface area contributed by atoms with Crippen molar-refractivity contribution in [1.29, 1.82) is 0 Å². The summed E-state index contributed by atoms with van der Waals surface area (Å²) in [5, 5.41) is 2.71. The van der Waals surface area contributed by atoms with Gasteiger partial charge in [0, 0.05) is 16.7 Å². The van der Waals surface area contributed by atoms with E-state index in [-0.39, 0.29) is 16.2 Å². The molecule has 156 valence electrons. The molecule has 0 bridgehead atoms. The van der Waals surface area contributed by atoms with E-state index in [2.05, 4.69) is 20.0 Å². The molecule has 0 aliphatic rings. The predicted molar refractivity (Wildman–Crippen MR) is 117 cm³/mol. The zero-order valence-corrected chi connectivity index (χ0v) is 18.1. The summed E-state index contributed by atoms with van der Waals surface area (Å²) in [5.41, 5.74) is 2.11. The van der Waals surface area contributed by atoms with Crippen LogP contribution in [0.25, 0.3) is 0 Å². The minimum atomic E-state index is -3.75. The Kier molecular flexibility index (Phi) is 5.89. The number of amides is 1. The van der Waals surface area contributed by atoms with Crippen molar-refractivity contribution in [2.24, 2.45) is 0 Å². The number of rotatable bonds is 5. The van der Waals surface area contributed by atoms with E-state index in [1.165, 1.54) is 24.3 Å². The smallest absolute Gasteiger partial charge is 0.261 e. The van der Waals surface area contributed by atoms with Crippen molar-refractivity contribution >= 4 is 27.3 Å². The lowest BCUT2D eigenvalue weighted by Gasteiger charge is -2.16. The predicted octanol–water partition coefficient (Wildman–Crippen LogP) is 4.14. The van der Waals surface area contributed by atoms with E-state index in [9.17, 15) is 13.2 Å². The zero-order valence-electron chi connectivity index (χ0n) is 17.3. The van der Waals surface area contributed by atoms with Gasteiger partial charge in [0.2, 0.25) is 0 Å². The van der Waals surface area contributed by atoms with Crippen molar-refractivity contribution in [3.05, 3.63) is 77.9 Å². The Morgan fingerprint density at radius 1 is 0.867 bits per heavy atom. The molecule has 2 N–H and O–H groups in total. The van der Waals surface area contributed by atoms with Gasteiger partial charge in [0.1, 0.15) is 5.82 Å². The first-order valence-corrected chi connectivity index (χ1v) is 10.9. The lowest BCUT2D eigenvalue weighted by Crippen LogP contribution is -2.17. The number of hydrogen-bond donors (Lipinski definition) is 2. The molecule has 2 aromatic carbocycles. The highest BCUT2D eigenvalue weighted by molar-refractivity contribution is 7.92. The summed E-state index contributed by atoms with van der Waals surface area (Å²) in [6, 6.07) is 12.7. The van der Waals surface area contributed by atoms with Gasteiger partial charge in [0.05, 0.1) is 23.0 Å². The van der Waals surface area contributed by atoms with Crippen LogP contribution in [0.4, 0.5) is 11.4 Å². The van der Waals surface area contributed by atoms with Gasteiger partial charge in [-0.15, -0.1) is 0 Å². The molecule has 0 saturated heterocycles. The fourth-order valence-corrected chi connectivity index (χ4v) is 3.66. The molecule has 1 aromatic heterocycles. The summed E-state index contributed by atoms with van der Waals surface area (Å²) in [4.78, 5) is 21.1. The second-order valence-electron chi connectivity index (χ2n) is 8.00.